The van der Waals surface area contributed by atoms with Crippen molar-refractivity contribution in [2.45, 2.75) is 0 Å². The number of benzene rings is 2. The molecule has 0 saturated carbocycles. The fraction of sp³-hybridized carbons (Fsp3) is 0. The normalized spacial score (nSPS) is 10.3. The first-order valence-corrected chi connectivity index (χ1v) is 8.83. The molecule has 0 aliphatic carbocycles. The first-order valence-electron chi connectivity index (χ1n) is 6.09. The van der Waals surface area contributed by atoms with E-state index in [1.807, 2.05) is 0 Å². The van der Waals surface area contributed by atoms with Crippen molar-refractivity contribution in [3.63, 3.8) is 0 Å². The van der Waals surface area contributed by atoms with E-state index in [0.29, 0.717) is 0 Å². The number of hydrogen-bond donors (Lipinski definition) is 0. The van der Waals surface area contributed by atoms with E-state index < -0.39 is 0 Å². The Hall–Kier alpha value is -1.20. The molecule has 2 heteroatoms. The molecule has 0 radical (unpaired) electrons. The van der Waals surface area contributed by atoms with Crippen LogP contribution in [0.1, 0.15) is 0 Å². The van der Waals surface area contributed by atoms with Gasteiger partial charge in [0.1, 0.15) is 0 Å². The van der Waals surface area contributed by atoms with Crippen molar-refractivity contribution in [2.75, 3.05) is 0 Å². The van der Waals surface area contributed by atoms with Crippen LogP contribution in [0.2, 0.25) is 0 Å². The molecule has 3 aromatic rings. The van der Waals surface area contributed by atoms with E-state index in [4.69, 9.17) is 12.2 Å². The van der Waals surface area contributed by atoms with Crippen LogP contribution < -0.4 is 0 Å². The standard InChI is InChI=1S/C17H12STe/c18-15-11-16(13-7-3-1-4-8-13)19-17(12-15)14-9-5-2-6-10-14/h1-12H. The Balaban J connectivity index is 2.15. The molecule has 0 saturated heterocycles. The van der Waals surface area contributed by atoms with E-state index in [2.05, 4.69) is 72.8 Å². The molecule has 19 heavy (non-hydrogen) atoms. The van der Waals surface area contributed by atoms with E-state index in [1.54, 1.807) is 0 Å². The van der Waals surface area contributed by atoms with Crippen molar-refractivity contribution >= 4 is 32.6 Å². The van der Waals surface area contributed by atoms with Crippen LogP contribution in [0, 0.1) is 4.51 Å². The third kappa shape index (κ3) is 3.04. The van der Waals surface area contributed by atoms with Gasteiger partial charge < -0.3 is 0 Å². The van der Waals surface area contributed by atoms with Crippen molar-refractivity contribution in [2.24, 2.45) is 0 Å². The summed E-state index contributed by atoms with van der Waals surface area (Å²) in [5.41, 5.74) is 2.63. The maximum atomic E-state index is 5.43. The summed E-state index contributed by atoms with van der Waals surface area (Å²) >= 11 is 5.06. The van der Waals surface area contributed by atoms with Gasteiger partial charge in [-0.3, -0.25) is 0 Å². The van der Waals surface area contributed by atoms with Gasteiger partial charge in [0, 0.05) is 0 Å². The molecular formula is C17H12STe. The molecule has 0 spiro atoms. The van der Waals surface area contributed by atoms with Crippen molar-refractivity contribution in [1.29, 1.82) is 0 Å². The summed E-state index contributed by atoms with van der Waals surface area (Å²) in [5.74, 6) is 0. The second-order valence-electron chi connectivity index (χ2n) is 4.25. The van der Waals surface area contributed by atoms with Crippen molar-refractivity contribution in [3.8, 4) is 18.3 Å². The van der Waals surface area contributed by atoms with Crippen molar-refractivity contribution < 1.29 is 0 Å². The average Bonchev–Trinajstić information content (AvgIpc) is 2.48. The van der Waals surface area contributed by atoms with Crippen LogP contribution in [0.5, 0.6) is 0 Å². The predicted molar refractivity (Wildman–Crippen MR) is 85.1 cm³/mol. The first-order chi connectivity index (χ1) is 9.33. The summed E-state index contributed by atoms with van der Waals surface area (Å²) in [7, 11) is 0. The minimum atomic E-state index is -0.368. The molecule has 0 fully saturated rings. The predicted octanol–water partition coefficient (Wildman–Crippen LogP) is 4.81. The van der Waals surface area contributed by atoms with Crippen LogP contribution >= 0.6 is 12.2 Å². The fourth-order valence-corrected chi connectivity index (χ4v) is 5.86. The van der Waals surface area contributed by atoms with Gasteiger partial charge in [0.2, 0.25) is 0 Å². The summed E-state index contributed by atoms with van der Waals surface area (Å²) in [4.78, 5) is 0. The Morgan fingerprint density at radius 3 is 1.47 bits per heavy atom. The van der Waals surface area contributed by atoms with Crippen LogP contribution in [0.4, 0.5) is 0 Å². The van der Waals surface area contributed by atoms with Gasteiger partial charge in [-0.2, -0.15) is 0 Å². The zero-order chi connectivity index (χ0) is 13.1. The summed E-state index contributed by atoms with van der Waals surface area (Å²) < 4.78 is 3.80. The maximum absolute atomic E-state index is 5.43. The molecule has 1 aromatic heterocycles. The molecule has 92 valence electrons. The Bertz CT molecular complexity index is 669. The fourth-order valence-electron chi connectivity index (χ4n) is 1.97. The number of rotatable bonds is 2. The molecule has 0 unspecified atom stereocenters. The Morgan fingerprint density at radius 2 is 1.05 bits per heavy atom. The Kier molecular flexibility index (Phi) is 3.94. The molecular weight excluding hydrogens is 364 g/mol. The van der Waals surface area contributed by atoms with E-state index in [1.165, 1.54) is 18.3 Å². The zero-order valence-electron chi connectivity index (χ0n) is 10.2. The topological polar surface area (TPSA) is 0 Å². The monoisotopic (exact) mass is 378 g/mol. The molecule has 0 nitrogen and oxygen atoms in total. The van der Waals surface area contributed by atoms with Gasteiger partial charge in [0.15, 0.2) is 0 Å². The number of hydrogen-bond acceptors (Lipinski definition) is 1. The van der Waals surface area contributed by atoms with Gasteiger partial charge in [0.05, 0.1) is 0 Å². The van der Waals surface area contributed by atoms with Crippen LogP contribution in [0.25, 0.3) is 18.3 Å². The third-order valence-corrected chi connectivity index (χ3v) is 6.39. The quantitative estimate of drug-likeness (QED) is 0.457. The van der Waals surface area contributed by atoms with Crippen molar-refractivity contribution in [1.82, 2.24) is 0 Å². The average molecular weight is 376 g/mol. The van der Waals surface area contributed by atoms with E-state index >= 15 is 0 Å². The van der Waals surface area contributed by atoms with Crippen LogP contribution in [-0.2, 0) is 0 Å². The Labute approximate surface area is 128 Å². The molecule has 3 rings (SSSR count). The SMILES string of the molecule is S=c1cc(-c2ccccc2)[te]c(-c2ccccc2)c1. The van der Waals surface area contributed by atoms with Gasteiger partial charge in [0.25, 0.3) is 0 Å². The van der Waals surface area contributed by atoms with E-state index in [9.17, 15) is 0 Å². The Morgan fingerprint density at radius 1 is 0.632 bits per heavy atom. The molecule has 0 aliphatic heterocycles. The zero-order valence-corrected chi connectivity index (χ0v) is 13.4. The molecule has 0 bridgehead atoms. The second kappa shape index (κ2) is 5.84. The van der Waals surface area contributed by atoms with Crippen LogP contribution in [0.15, 0.2) is 72.8 Å². The minimum absolute atomic E-state index is 0.368. The molecule has 0 atom stereocenters. The summed E-state index contributed by atoms with van der Waals surface area (Å²) in [6, 6.07) is 25.5. The first kappa shape index (κ1) is 12.8. The summed E-state index contributed by atoms with van der Waals surface area (Å²) in [6.45, 7) is 0. The summed E-state index contributed by atoms with van der Waals surface area (Å²) in [6.07, 6.45) is 0. The van der Waals surface area contributed by atoms with Gasteiger partial charge in [-0.25, -0.2) is 0 Å². The van der Waals surface area contributed by atoms with E-state index in [-0.39, 0.29) is 20.4 Å². The third-order valence-electron chi connectivity index (χ3n) is 2.88. The molecule has 0 amide bonds. The molecule has 0 N–H and O–H groups in total. The van der Waals surface area contributed by atoms with Gasteiger partial charge in [-0.15, -0.1) is 0 Å². The molecule has 0 aliphatic rings. The van der Waals surface area contributed by atoms with Crippen molar-refractivity contribution in [3.05, 3.63) is 77.3 Å². The second-order valence-corrected chi connectivity index (χ2v) is 7.82. The van der Waals surface area contributed by atoms with Crippen LogP contribution in [-0.4, -0.2) is 20.4 Å². The van der Waals surface area contributed by atoms with Crippen LogP contribution in [0.3, 0.4) is 0 Å². The molecule has 2 aromatic carbocycles. The van der Waals surface area contributed by atoms with E-state index in [0.717, 1.165) is 4.51 Å². The van der Waals surface area contributed by atoms with Gasteiger partial charge in [-0.1, -0.05) is 0 Å². The summed E-state index contributed by atoms with van der Waals surface area (Å²) in [5, 5.41) is 0. The molecule has 1 heterocycles. The van der Waals surface area contributed by atoms with Gasteiger partial charge >= 0.3 is 128 Å². The van der Waals surface area contributed by atoms with Gasteiger partial charge in [-0.05, 0) is 0 Å².